The van der Waals surface area contributed by atoms with Crippen molar-refractivity contribution in [3.8, 4) is 0 Å². The van der Waals surface area contributed by atoms with Gasteiger partial charge in [0.1, 0.15) is 0 Å². The Labute approximate surface area is 103 Å². The van der Waals surface area contributed by atoms with Crippen LogP contribution < -0.4 is 5.32 Å². The Morgan fingerprint density at radius 1 is 1.53 bits per heavy atom. The van der Waals surface area contributed by atoms with Gasteiger partial charge >= 0.3 is 0 Å². The van der Waals surface area contributed by atoms with Crippen molar-refractivity contribution in [3.63, 3.8) is 0 Å². The fourth-order valence-electron chi connectivity index (χ4n) is 1.53. The summed E-state index contributed by atoms with van der Waals surface area (Å²) in [6.45, 7) is 6.16. The molecule has 1 unspecified atom stereocenters. The van der Waals surface area contributed by atoms with E-state index in [-0.39, 0.29) is 6.10 Å². The highest BCUT2D eigenvalue weighted by atomic mass is 16.5. The van der Waals surface area contributed by atoms with Crippen molar-refractivity contribution >= 4 is 0 Å². The Balaban J connectivity index is 2.17. The monoisotopic (exact) mass is 241 g/mol. The maximum atomic E-state index is 9.44. The molecule has 0 fully saturated rings. The van der Waals surface area contributed by atoms with Crippen molar-refractivity contribution in [2.75, 3.05) is 20.3 Å². The Bertz CT molecular complexity index is 312. The molecular formula is C12H23N3O2. The molecule has 0 saturated carbocycles. The molecule has 1 rings (SSSR count). The van der Waals surface area contributed by atoms with Crippen LogP contribution in [-0.4, -0.2) is 41.3 Å². The van der Waals surface area contributed by atoms with Crippen molar-refractivity contribution in [1.29, 1.82) is 0 Å². The van der Waals surface area contributed by atoms with Crippen LogP contribution in [-0.2, 0) is 11.3 Å². The van der Waals surface area contributed by atoms with E-state index in [0.29, 0.717) is 19.1 Å². The van der Waals surface area contributed by atoms with Crippen LogP contribution in [0.4, 0.5) is 0 Å². The fourth-order valence-corrected chi connectivity index (χ4v) is 1.53. The molecule has 0 aliphatic carbocycles. The predicted octanol–water partition coefficient (Wildman–Crippen LogP) is 0.951. The molecule has 98 valence electrons. The highest BCUT2D eigenvalue weighted by Gasteiger charge is 2.04. The summed E-state index contributed by atoms with van der Waals surface area (Å²) in [5.74, 6) is 0. The minimum absolute atomic E-state index is 0.383. The summed E-state index contributed by atoms with van der Waals surface area (Å²) in [7, 11) is 1.59. The molecular weight excluding hydrogens is 218 g/mol. The second kappa shape index (κ2) is 7.42. The molecule has 0 aliphatic rings. The summed E-state index contributed by atoms with van der Waals surface area (Å²) in [5.41, 5.74) is 1.17. The van der Waals surface area contributed by atoms with E-state index < -0.39 is 0 Å². The molecule has 1 aromatic heterocycles. The van der Waals surface area contributed by atoms with Gasteiger partial charge < -0.3 is 15.2 Å². The third-order valence-electron chi connectivity index (χ3n) is 2.53. The maximum Gasteiger partial charge on any atom is 0.0785 e. The first kappa shape index (κ1) is 14.2. The van der Waals surface area contributed by atoms with Gasteiger partial charge in [0.05, 0.1) is 18.9 Å². The first-order valence-electron chi connectivity index (χ1n) is 6.04. The van der Waals surface area contributed by atoms with Gasteiger partial charge in [0.15, 0.2) is 0 Å². The lowest BCUT2D eigenvalue weighted by Crippen LogP contribution is -2.22. The van der Waals surface area contributed by atoms with Gasteiger partial charge in [-0.05, 0) is 26.8 Å². The maximum absolute atomic E-state index is 9.44. The number of ether oxygens (including phenoxy) is 1. The molecule has 0 spiro atoms. The molecule has 0 aromatic carbocycles. The van der Waals surface area contributed by atoms with Crippen LogP contribution in [0.3, 0.4) is 0 Å². The molecule has 0 aliphatic heterocycles. The van der Waals surface area contributed by atoms with Crippen LogP contribution in [0.25, 0.3) is 0 Å². The van der Waals surface area contributed by atoms with Gasteiger partial charge in [-0.3, -0.25) is 4.68 Å². The SMILES string of the molecule is COCC(O)CCNCc1cnn(C(C)C)c1. The van der Waals surface area contributed by atoms with E-state index >= 15 is 0 Å². The topological polar surface area (TPSA) is 59.3 Å². The zero-order valence-corrected chi connectivity index (χ0v) is 10.9. The molecule has 1 heterocycles. The van der Waals surface area contributed by atoms with Crippen molar-refractivity contribution in [2.24, 2.45) is 0 Å². The van der Waals surface area contributed by atoms with Crippen LogP contribution >= 0.6 is 0 Å². The van der Waals surface area contributed by atoms with Crippen molar-refractivity contribution in [3.05, 3.63) is 18.0 Å². The van der Waals surface area contributed by atoms with Crippen LogP contribution in [0.15, 0.2) is 12.4 Å². The first-order valence-corrected chi connectivity index (χ1v) is 6.04. The number of nitrogens with one attached hydrogen (secondary N) is 1. The number of aliphatic hydroxyl groups excluding tert-OH is 1. The predicted molar refractivity (Wildman–Crippen MR) is 66.8 cm³/mol. The second-order valence-electron chi connectivity index (χ2n) is 4.50. The Morgan fingerprint density at radius 2 is 2.29 bits per heavy atom. The molecule has 2 N–H and O–H groups in total. The minimum atomic E-state index is -0.383. The number of aromatic nitrogens is 2. The summed E-state index contributed by atoms with van der Waals surface area (Å²) in [4.78, 5) is 0. The van der Waals surface area contributed by atoms with Crippen molar-refractivity contribution < 1.29 is 9.84 Å². The van der Waals surface area contributed by atoms with Crippen LogP contribution in [0.5, 0.6) is 0 Å². The van der Waals surface area contributed by atoms with Crippen LogP contribution in [0, 0.1) is 0 Å². The van der Waals surface area contributed by atoms with Crippen molar-refractivity contribution in [1.82, 2.24) is 15.1 Å². The smallest absolute Gasteiger partial charge is 0.0785 e. The molecule has 0 radical (unpaired) electrons. The Kier molecular flexibility index (Phi) is 6.18. The molecule has 0 amide bonds. The lowest BCUT2D eigenvalue weighted by Gasteiger charge is -2.09. The quantitative estimate of drug-likeness (QED) is 0.665. The van der Waals surface area contributed by atoms with E-state index in [1.807, 2.05) is 17.1 Å². The number of methoxy groups -OCH3 is 1. The van der Waals surface area contributed by atoms with Gasteiger partial charge in [-0.2, -0.15) is 5.10 Å². The zero-order valence-electron chi connectivity index (χ0n) is 10.9. The molecule has 5 nitrogen and oxygen atoms in total. The number of aliphatic hydroxyl groups is 1. The summed E-state index contributed by atoms with van der Waals surface area (Å²) in [5, 5.41) is 17.0. The van der Waals surface area contributed by atoms with E-state index in [4.69, 9.17) is 4.74 Å². The Hall–Kier alpha value is -0.910. The van der Waals surface area contributed by atoms with E-state index in [1.54, 1.807) is 7.11 Å². The van der Waals surface area contributed by atoms with Gasteiger partial charge in [-0.15, -0.1) is 0 Å². The summed E-state index contributed by atoms with van der Waals surface area (Å²) in [6, 6.07) is 0.396. The Morgan fingerprint density at radius 3 is 2.88 bits per heavy atom. The standard InChI is InChI=1S/C12H23N3O2/c1-10(2)15-8-11(7-14-15)6-13-5-4-12(16)9-17-3/h7-8,10,12-13,16H,4-6,9H2,1-3H3. The average Bonchev–Trinajstić information content (AvgIpc) is 2.73. The number of rotatable bonds is 8. The van der Waals surface area contributed by atoms with Crippen LogP contribution in [0.1, 0.15) is 31.9 Å². The molecule has 5 heteroatoms. The van der Waals surface area contributed by atoms with Crippen LogP contribution in [0.2, 0.25) is 0 Å². The third kappa shape index (κ3) is 5.30. The first-order chi connectivity index (χ1) is 8.13. The number of hydrogen-bond acceptors (Lipinski definition) is 4. The molecule has 0 saturated heterocycles. The van der Waals surface area contributed by atoms with Gasteiger partial charge in [0.2, 0.25) is 0 Å². The second-order valence-corrected chi connectivity index (χ2v) is 4.50. The normalized spacial score (nSPS) is 13.2. The molecule has 0 bridgehead atoms. The highest BCUT2D eigenvalue weighted by molar-refractivity contribution is 5.03. The van der Waals surface area contributed by atoms with Gasteiger partial charge in [0.25, 0.3) is 0 Å². The van der Waals surface area contributed by atoms with Gasteiger partial charge in [-0.25, -0.2) is 0 Å². The highest BCUT2D eigenvalue weighted by Crippen LogP contribution is 2.04. The summed E-state index contributed by atoms with van der Waals surface area (Å²) < 4.78 is 6.80. The van der Waals surface area contributed by atoms with E-state index in [0.717, 1.165) is 13.1 Å². The largest absolute Gasteiger partial charge is 0.391 e. The number of hydrogen-bond donors (Lipinski definition) is 2. The zero-order chi connectivity index (χ0) is 12.7. The molecule has 1 atom stereocenters. The van der Waals surface area contributed by atoms with Crippen molar-refractivity contribution in [2.45, 2.75) is 39.0 Å². The van der Waals surface area contributed by atoms with E-state index in [1.165, 1.54) is 5.56 Å². The van der Waals surface area contributed by atoms with E-state index in [9.17, 15) is 5.11 Å². The average molecular weight is 241 g/mol. The third-order valence-corrected chi connectivity index (χ3v) is 2.53. The van der Waals surface area contributed by atoms with Gasteiger partial charge in [0, 0.05) is 31.5 Å². The number of nitrogens with zero attached hydrogens (tertiary/aromatic N) is 2. The lowest BCUT2D eigenvalue weighted by atomic mass is 10.2. The lowest BCUT2D eigenvalue weighted by molar-refractivity contribution is 0.0594. The molecule has 17 heavy (non-hydrogen) atoms. The summed E-state index contributed by atoms with van der Waals surface area (Å²) >= 11 is 0. The van der Waals surface area contributed by atoms with Gasteiger partial charge in [-0.1, -0.05) is 0 Å². The fraction of sp³-hybridized carbons (Fsp3) is 0.750. The minimum Gasteiger partial charge on any atom is -0.391 e. The molecule has 1 aromatic rings. The van der Waals surface area contributed by atoms with E-state index in [2.05, 4.69) is 24.3 Å². The summed E-state index contributed by atoms with van der Waals surface area (Å²) in [6.07, 6.45) is 4.24.